The van der Waals surface area contributed by atoms with Crippen LogP contribution in [0.15, 0.2) is 24.3 Å². The number of aliphatic hydroxyl groups is 2. The summed E-state index contributed by atoms with van der Waals surface area (Å²) in [5.41, 5.74) is 0. The van der Waals surface area contributed by atoms with Gasteiger partial charge in [0.2, 0.25) is 5.91 Å². The van der Waals surface area contributed by atoms with Crippen LogP contribution in [0.2, 0.25) is 0 Å². The largest absolute Gasteiger partial charge is 0.466 e. The van der Waals surface area contributed by atoms with E-state index in [1.807, 2.05) is 6.08 Å². The number of hydrogen-bond acceptors (Lipinski definition) is 5. The quantitative estimate of drug-likeness (QED) is 0.0322. The zero-order valence-electron chi connectivity index (χ0n) is 40.9. The molecule has 0 saturated carbocycles. The van der Waals surface area contributed by atoms with Crippen molar-refractivity contribution in [2.75, 3.05) is 13.2 Å². The second-order valence-corrected chi connectivity index (χ2v) is 18.6. The summed E-state index contributed by atoms with van der Waals surface area (Å²) in [6.45, 7) is 4.87. The third kappa shape index (κ3) is 47.7. The number of carbonyl (C=O) groups excluding carboxylic acids is 2. The molecule has 3 N–H and O–H groups in total. The van der Waals surface area contributed by atoms with Gasteiger partial charge >= 0.3 is 5.97 Å². The van der Waals surface area contributed by atoms with Crippen LogP contribution in [0.4, 0.5) is 0 Å². The number of ether oxygens (including phenoxy) is 1. The van der Waals surface area contributed by atoms with Gasteiger partial charge < -0.3 is 20.3 Å². The predicted octanol–water partition coefficient (Wildman–Crippen LogP) is 16.3. The molecule has 0 spiro atoms. The number of amides is 1. The third-order valence-corrected chi connectivity index (χ3v) is 12.5. The molecule has 0 aliphatic heterocycles. The van der Waals surface area contributed by atoms with E-state index in [1.54, 1.807) is 6.08 Å². The summed E-state index contributed by atoms with van der Waals surface area (Å²) in [6.07, 6.45) is 60.3. The summed E-state index contributed by atoms with van der Waals surface area (Å²) in [6, 6.07) is -0.637. The lowest BCUT2D eigenvalue weighted by atomic mass is 10.0. The Morgan fingerprint density at radius 3 is 1.16 bits per heavy atom. The molecule has 0 aromatic carbocycles. The highest BCUT2D eigenvalue weighted by Gasteiger charge is 2.18. The van der Waals surface area contributed by atoms with Crippen LogP contribution in [0, 0.1) is 0 Å². The number of carbonyl (C=O) groups is 2. The summed E-state index contributed by atoms with van der Waals surface area (Å²) in [7, 11) is 0. The van der Waals surface area contributed by atoms with Crippen LogP contribution < -0.4 is 5.32 Å². The highest BCUT2D eigenvalue weighted by Crippen LogP contribution is 2.16. The first kappa shape index (κ1) is 59.3. The molecule has 0 heterocycles. The van der Waals surface area contributed by atoms with Crippen molar-refractivity contribution in [3.8, 4) is 0 Å². The maximum atomic E-state index is 12.4. The number of nitrogens with one attached hydrogen (secondary N) is 1. The molecule has 61 heavy (non-hydrogen) atoms. The Balaban J connectivity index is 3.48. The Morgan fingerprint density at radius 1 is 0.443 bits per heavy atom. The fraction of sp³-hybridized carbons (Fsp3) is 0.891. The Morgan fingerprint density at radius 2 is 0.770 bits per heavy atom. The molecule has 0 fully saturated rings. The summed E-state index contributed by atoms with van der Waals surface area (Å²) >= 11 is 0. The first-order valence-electron chi connectivity index (χ1n) is 27.1. The van der Waals surface area contributed by atoms with Crippen LogP contribution in [-0.4, -0.2) is 47.4 Å². The third-order valence-electron chi connectivity index (χ3n) is 12.5. The number of hydrogen-bond donors (Lipinski definition) is 3. The molecule has 0 aromatic rings. The number of aliphatic hydroxyl groups excluding tert-OH is 2. The van der Waals surface area contributed by atoms with Gasteiger partial charge in [-0.25, -0.2) is 0 Å². The SMILES string of the molecule is CCCCCCCCC/C=C\CCCCCCCC(=O)OCCCCCCCCCCCCCCCC(=O)NC(CO)C(O)/C=C/CCCCCCCCCCCCCCC. The van der Waals surface area contributed by atoms with Crippen LogP contribution >= 0.6 is 0 Å². The molecule has 6 heteroatoms. The number of unbranched alkanes of at least 4 members (excludes halogenated alkanes) is 37. The molecule has 0 rings (SSSR count). The fourth-order valence-corrected chi connectivity index (χ4v) is 8.27. The molecule has 0 radical (unpaired) electrons. The average molecular weight is 860 g/mol. The minimum Gasteiger partial charge on any atom is -0.466 e. The Bertz CT molecular complexity index is 951. The van der Waals surface area contributed by atoms with Gasteiger partial charge in [-0.05, 0) is 57.8 Å². The van der Waals surface area contributed by atoms with Gasteiger partial charge in [-0.1, -0.05) is 244 Å². The van der Waals surface area contributed by atoms with Crippen LogP contribution in [-0.2, 0) is 14.3 Å². The van der Waals surface area contributed by atoms with E-state index in [1.165, 1.54) is 205 Å². The lowest BCUT2D eigenvalue weighted by molar-refractivity contribution is -0.143. The van der Waals surface area contributed by atoms with Gasteiger partial charge in [0.15, 0.2) is 0 Å². The molecular weight excluding hydrogens is 755 g/mol. The number of allylic oxidation sites excluding steroid dienone is 3. The summed E-state index contributed by atoms with van der Waals surface area (Å²) in [5, 5.41) is 23.1. The molecule has 0 bridgehead atoms. The van der Waals surface area contributed by atoms with Crippen molar-refractivity contribution in [1.82, 2.24) is 5.32 Å². The van der Waals surface area contributed by atoms with Crippen molar-refractivity contribution in [1.29, 1.82) is 0 Å². The standard InChI is InChI=1S/C55H105NO5/c1-3-5-7-9-11-13-15-17-19-21-25-29-33-37-41-45-49-55(60)61-50-46-42-38-34-30-26-22-24-28-32-36-40-44-48-54(59)56-52(51-57)53(58)47-43-39-35-31-27-23-20-18-16-14-12-10-8-6-4-2/h19,21,43,47,52-53,57-58H,3-18,20,22-42,44-46,48-51H2,1-2H3,(H,56,59)/b21-19-,47-43+. The molecule has 0 saturated heterocycles. The number of rotatable bonds is 50. The molecule has 0 aliphatic rings. The smallest absolute Gasteiger partial charge is 0.305 e. The van der Waals surface area contributed by atoms with Crippen molar-refractivity contribution >= 4 is 11.9 Å². The van der Waals surface area contributed by atoms with E-state index in [9.17, 15) is 19.8 Å². The Hall–Kier alpha value is -1.66. The first-order valence-corrected chi connectivity index (χ1v) is 27.1. The van der Waals surface area contributed by atoms with E-state index in [4.69, 9.17) is 4.74 Å². The normalized spacial score (nSPS) is 12.8. The van der Waals surface area contributed by atoms with Crippen LogP contribution in [0.25, 0.3) is 0 Å². The van der Waals surface area contributed by atoms with Gasteiger partial charge in [-0.2, -0.15) is 0 Å². The average Bonchev–Trinajstić information content (AvgIpc) is 3.26. The van der Waals surface area contributed by atoms with Gasteiger partial charge in [0, 0.05) is 12.8 Å². The Kier molecular flexibility index (Phi) is 49.6. The van der Waals surface area contributed by atoms with Crippen molar-refractivity contribution in [3.05, 3.63) is 24.3 Å². The molecule has 6 nitrogen and oxygen atoms in total. The highest BCUT2D eigenvalue weighted by molar-refractivity contribution is 5.76. The molecule has 360 valence electrons. The monoisotopic (exact) mass is 860 g/mol. The minimum absolute atomic E-state index is 0.0142. The zero-order chi connectivity index (χ0) is 44.4. The van der Waals surface area contributed by atoms with Gasteiger partial charge in [-0.15, -0.1) is 0 Å². The van der Waals surface area contributed by atoms with Crippen molar-refractivity contribution in [2.24, 2.45) is 0 Å². The van der Waals surface area contributed by atoms with E-state index >= 15 is 0 Å². The summed E-state index contributed by atoms with van der Waals surface area (Å²) in [5.74, 6) is -0.0946. The first-order chi connectivity index (χ1) is 30.0. The highest BCUT2D eigenvalue weighted by atomic mass is 16.5. The minimum atomic E-state index is -0.852. The summed E-state index contributed by atoms with van der Waals surface area (Å²) in [4.78, 5) is 24.5. The fourth-order valence-electron chi connectivity index (χ4n) is 8.27. The topological polar surface area (TPSA) is 95.9 Å². The molecule has 2 unspecified atom stereocenters. The predicted molar refractivity (Wildman–Crippen MR) is 264 cm³/mol. The van der Waals surface area contributed by atoms with E-state index in [0.29, 0.717) is 19.4 Å². The number of esters is 1. The molecular formula is C55H105NO5. The summed E-state index contributed by atoms with van der Waals surface area (Å²) < 4.78 is 5.47. The Labute approximate surface area is 380 Å². The molecule has 1 amide bonds. The van der Waals surface area contributed by atoms with E-state index in [2.05, 4.69) is 31.3 Å². The van der Waals surface area contributed by atoms with Crippen molar-refractivity contribution in [2.45, 2.75) is 302 Å². The van der Waals surface area contributed by atoms with E-state index in [-0.39, 0.29) is 18.5 Å². The zero-order valence-corrected chi connectivity index (χ0v) is 40.9. The van der Waals surface area contributed by atoms with Gasteiger partial charge in [0.25, 0.3) is 0 Å². The van der Waals surface area contributed by atoms with Crippen molar-refractivity contribution in [3.63, 3.8) is 0 Å². The van der Waals surface area contributed by atoms with Gasteiger partial charge in [0.05, 0.1) is 25.4 Å². The molecule has 0 aliphatic carbocycles. The molecule has 2 atom stereocenters. The van der Waals surface area contributed by atoms with Crippen LogP contribution in [0.3, 0.4) is 0 Å². The van der Waals surface area contributed by atoms with E-state index < -0.39 is 12.1 Å². The van der Waals surface area contributed by atoms with E-state index in [0.717, 1.165) is 57.8 Å². The van der Waals surface area contributed by atoms with Crippen molar-refractivity contribution < 1.29 is 24.5 Å². The van der Waals surface area contributed by atoms with Gasteiger partial charge in [-0.3, -0.25) is 9.59 Å². The van der Waals surface area contributed by atoms with Gasteiger partial charge in [0.1, 0.15) is 0 Å². The second kappa shape index (κ2) is 51.0. The van der Waals surface area contributed by atoms with Crippen LogP contribution in [0.5, 0.6) is 0 Å². The second-order valence-electron chi connectivity index (χ2n) is 18.6. The maximum absolute atomic E-state index is 12.4. The lowest BCUT2D eigenvalue weighted by Crippen LogP contribution is -2.45. The van der Waals surface area contributed by atoms with Crippen LogP contribution in [0.1, 0.15) is 290 Å². The maximum Gasteiger partial charge on any atom is 0.305 e. The lowest BCUT2D eigenvalue weighted by Gasteiger charge is -2.20. The molecule has 0 aromatic heterocycles.